The van der Waals surface area contributed by atoms with Crippen molar-refractivity contribution in [3.63, 3.8) is 0 Å². The first-order valence-corrected chi connectivity index (χ1v) is 12.7. The molecule has 2 aliphatic rings. The fourth-order valence-electron chi connectivity index (χ4n) is 4.42. The van der Waals surface area contributed by atoms with Gasteiger partial charge < -0.3 is 33.4 Å². The number of nitrogens with two attached hydrogens (primary N) is 1. The van der Waals surface area contributed by atoms with Gasteiger partial charge in [-0.3, -0.25) is 9.11 Å². The highest BCUT2D eigenvalue weighted by atomic mass is 32.2. The molecule has 2 unspecified atom stereocenters. The Morgan fingerprint density at radius 1 is 1.19 bits per heavy atom. The Hall–Kier alpha value is -3.22. The summed E-state index contributed by atoms with van der Waals surface area (Å²) in [7, 11) is 1.61. The van der Waals surface area contributed by atoms with Crippen LogP contribution in [0.1, 0.15) is 17.3 Å². The van der Waals surface area contributed by atoms with Crippen LogP contribution in [0.5, 0.6) is 5.75 Å². The maximum atomic E-state index is 12.2. The van der Waals surface area contributed by atoms with Crippen molar-refractivity contribution in [2.24, 2.45) is 10.7 Å². The van der Waals surface area contributed by atoms with E-state index in [4.69, 9.17) is 24.6 Å². The molecule has 2 atom stereocenters. The monoisotopic (exact) mass is 510 g/mol. The van der Waals surface area contributed by atoms with E-state index in [9.17, 15) is 8.76 Å². The number of morpholine rings is 1. The lowest BCUT2D eigenvalue weighted by Crippen LogP contribution is -2.42. The number of hydrogen-bond donors (Lipinski definition) is 1. The quantitative estimate of drug-likeness (QED) is 0.460. The van der Waals surface area contributed by atoms with Gasteiger partial charge in [0.1, 0.15) is 17.8 Å². The predicted molar refractivity (Wildman–Crippen MR) is 137 cm³/mol. The van der Waals surface area contributed by atoms with Gasteiger partial charge >= 0.3 is 0 Å². The number of rotatable bonds is 8. The molecule has 36 heavy (non-hydrogen) atoms. The van der Waals surface area contributed by atoms with Crippen LogP contribution < -0.4 is 19.7 Å². The number of methoxy groups -OCH3 is 1. The first kappa shape index (κ1) is 24.5. The van der Waals surface area contributed by atoms with E-state index in [-0.39, 0.29) is 0 Å². The molecule has 0 spiro atoms. The van der Waals surface area contributed by atoms with Gasteiger partial charge in [0, 0.05) is 54.4 Å². The molecule has 1 fully saturated rings. The minimum Gasteiger partial charge on any atom is -0.755 e. The summed E-state index contributed by atoms with van der Waals surface area (Å²) < 4.78 is 42.0. The van der Waals surface area contributed by atoms with Gasteiger partial charge in [-0.2, -0.15) is 4.99 Å². The Morgan fingerprint density at radius 3 is 2.69 bits per heavy atom. The Morgan fingerprint density at radius 2 is 1.97 bits per heavy atom. The van der Waals surface area contributed by atoms with Crippen molar-refractivity contribution < 1.29 is 22.7 Å². The Labute approximate surface area is 212 Å². The largest absolute Gasteiger partial charge is 0.755 e. The predicted octanol–water partition coefficient (Wildman–Crippen LogP) is 2.78. The third kappa shape index (κ3) is 5.01. The number of aliphatic imine (C=N–C) groups is 1. The van der Waals surface area contributed by atoms with Gasteiger partial charge in [0.05, 0.1) is 32.2 Å². The molecule has 2 aromatic carbocycles. The van der Waals surface area contributed by atoms with Crippen LogP contribution >= 0.6 is 0 Å². The number of furan rings is 1. The van der Waals surface area contributed by atoms with Crippen LogP contribution in [0.15, 0.2) is 70.3 Å². The van der Waals surface area contributed by atoms with Gasteiger partial charge in [0.2, 0.25) is 5.88 Å². The van der Waals surface area contributed by atoms with Gasteiger partial charge in [-0.05, 0) is 42.5 Å². The van der Waals surface area contributed by atoms with Crippen LogP contribution in [0.25, 0.3) is 0 Å². The molecule has 1 aromatic heterocycles. The summed E-state index contributed by atoms with van der Waals surface area (Å²) in [6.45, 7) is 3.84. The molecule has 0 saturated carbocycles. The van der Waals surface area contributed by atoms with Crippen LogP contribution in [-0.4, -0.2) is 66.0 Å². The zero-order chi connectivity index (χ0) is 25.1. The average molecular weight is 511 g/mol. The third-order valence-electron chi connectivity index (χ3n) is 6.35. The van der Waals surface area contributed by atoms with Gasteiger partial charge in [-0.25, -0.2) is 0 Å². The summed E-state index contributed by atoms with van der Waals surface area (Å²) in [6, 6.07) is 16.6. The number of anilines is 2. The molecule has 5 rings (SSSR count). The van der Waals surface area contributed by atoms with Gasteiger partial charge in [0.15, 0.2) is 0 Å². The highest BCUT2D eigenvalue weighted by Crippen LogP contribution is 2.38. The second-order valence-electron chi connectivity index (χ2n) is 8.45. The maximum absolute atomic E-state index is 12.2. The van der Waals surface area contributed by atoms with Crippen LogP contribution in [-0.2, 0) is 16.0 Å². The van der Waals surface area contributed by atoms with Crippen molar-refractivity contribution in [1.29, 1.82) is 0 Å². The first-order chi connectivity index (χ1) is 17.5. The lowest BCUT2D eigenvalue weighted by Gasteiger charge is -2.35. The molecule has 2 aliphatic heterocycles. The molecule has 0 bridgehead atoms. The van der Waals surface area contributed by atoms with Crippen LogP contribution in [0, 0.1) is 0 Å². The summed E-state index contributed by atoms with van der Waals surface area (Å²) in [5.74, 6) is 1.72. The first-order valence-electron chi connectivity index (χ1n) is 11.7. The van der Waals surface area contributed by atoms with E-state index in [1.807, 2.05) is 47.4 Å². The minimum atomic E-state index is -2.44. The van der Waals surface area contributed by atoms with E-state index in [0.717, 1.165) is 30.1 Å². The molecule has 0 amide bonds. The smallest absolute Gasteiger partial charge is 0.227 e. The van der Waals surface area contributed by atoms with Gasteiger partial charge in [0.25, 0.3) is 0 Å². The Balaban J connectivity index is 1.48. The molecule has 0 radical (unpaired) electrons. The summed E-state index contributed by atoms with van der Waals surface area (Å²) in [4.78, 5) is 8.86. The number of ether oxygens (including phenoxy) is 2. The lowest BCUT2D eigenvalue weighted by molar-refractivity contribution is 0.0395. The van der Waals surface area contributed by atoms with Crippen LogP contribution in [0.2, 0.25) is 0 Å². The third-order valence-corrected chi connectivity index (χ3v) is 7.11. The summed E-state index contributed by atoms with van der Waals surface area (Å²) in [5, 5.41) is 0. The van der Waals surface area contributed by atoms with E-state index in [0.29, 0.717) is 49.3 Å². The van der Waals surface area contributed by atoms with E-state index < -0.39 is 17.4 Å². The molecular weight excluding hydrogens is 482 g/mol. The molecule has 1 saturated heterocycles. The second kappa shape index (κ2) is 10.8. The van der Waals surface area contributed by atoms with E-state index >= 15 is 0 Å². The zero-order valence-corrected chi connectivity index (χ0v) is 20.7. The van der Waals surface area contributed by atoms with Crippen molar-refractivity contribution in [3.05, 3.63) is 72.0 Å². The van der Waals surface area contributed by atoms with Crippen LogP contribution in [0.3, 0.4) is 0 Å². The normalized spacial score (nSPS) is 18.9. The number of amidine groups is 1. The molecule has 3 heterocycles. The van der Waals surface area contributed by atoms with Gasteiger partial charge in [-0.15, -0.1) is 0 Å². The van der Waals surface area contributed by atoms with Crippen molar-refractivity contribution in [3.8, 4) is 5.75 Å². The Bertz CT molecular complexity index is 1240. The average Bonchev–Trinajstić information content (AvgIpc) is 3.39. The van der Waals surface area contributed by atoms with Gasteiger partial charge in [-0.1, -0.05) is 12.1 Å². The van der Waals surface area contributed by atoms with Crippen LogP contribution in [0.4, 0.5) is 17.3 Å². The zero-order valence-electron chi connectivity index (χ0n) is 19.9. The molecule has 2 N–H and O–H groups in total. The fraction of sp³-hybridized carbons (Fsp3) is 0.320. The summed E-state index contributed by atoms with van der Waals surface area (Å²) >= 11 is -2.44. The van der Waals surface area contributed by atoms with Crippen molar-refractivity contribution in [1.82, 2.24) is 4.90 Å². The number of nitrogens with zero attached hydrogens (tertiary/aromatic N) is 4. The van der Waals surface area contributed by atoms with E-state index in [1.54, 1.807) is 25.5 Å². The van der Waals surface area contributed by atoms with E-state index in [2.05, 4.69) is 4.90 Å². The number of hydrogen-bond acceptors (Lipinski definition) is 9. The highest BCUT2D eigenvalue weighted by molar-refractivity contribution is 7.80. The number of benzene rings is 2. The molecule has 11 heteroatoms. The second-order valence-corrected chi connectivity index (χ2v) is 9.33. The fourth-order valence-corrected chi connectivity index (χ4v) is 4.94. The Kier molecular flexibility index (Phi) is 7.35. The maximum Gasteiger partial charge on any atom is 0.227 e. The minimum absolute atomic E-state index is 0.329. The van der Waals surface area contributed by atoms with Crippen molar-refractivity contribution in [2.75, 3.05) is 55.7 Å². The van der Waals surface area contributed by atoms with Crippen molar-refractivity contribution in [2.45, 2.75) is 6.17 Å². The molecular formula is C25H28N5O5S-. The number of fused-ring (bicyclic) bond motifs is 1. The van der Waals surface area contributed by atoms with Crippen molar-refractivity contribution >= 4 is 34.4 Å². The highest BCUT2D eigenvalue weighted by Gasteiger charge is 2.31. The molecule has 3 aromatic rings. The summed E-state index contributed by atoms with van der Waals surface area (Å²) in [5.41, 5.74) is 9.51. The SMILES string of the molecule is COc1ccc(N2C(c3cccc(N(CCN4CCOCC4)S(=O)[O-])c3)=Nc3occc3C2N)cc1. The van der Waals surface area contributed by atoms with E-state index in [1.165, 1.54) is 4.31 Å². The topological polar surface area (TPSA) is 120 Å². The lowest BCUT2D eigenvalue weighted by atomic mass is 10.1. The molecule has 190 valence electrons. The molecule has 10 nitrogen and oxygen atoms in total. The summed E-state index contributed by atoms with van der Waals surface area (Å²) in [6.07, 6.45) is 1.02. The molecule has 0 aliphatic carbocycles. The standard InChI is InChI=1S/C25H29N5O5S/c1-33-21-7-5-19(6-8-21)30-23(26)22-9-14-35-25(22)27-24(30)18-3-2-4-20(17-18)29(36(31)32)11-10-28-12-15-34-16-13-28/h2-9,14,17,23H,10-13,15-16,26H2,1H3,(H,31,32)/p-1.